The third-order valence-corrected chi connectivity index (χ3v) is 7.04. The molecule has 1 aromatic carbocycles. The molecular formula is C24H31N5O2S. The Balaban J connectivity index is 1.53. The maximum atomic E-state index is 12.9. The monoisotopic (exact) mass is 453 g/mol. The van der Waals surface area contributed by atoms with Crippen LogP contribution in [0.25, 0.3) is 0 Å². The Hall–Kier alpha value is -2.74. The second kappa shape index (κ2) is 9.81. The standard InChI is InChI=1S/C24H31N5O2S/c1-16-9-11-28(12-10-16)23-26-27-24(29(23)15-20-6-5-13-31-20)32-19(4)22(30)25-21-14-17(2)7-8-18(21)3/h5-8,13-14,16,19H,9-12,15H2,1-4H3,(H,25,30). The molecule has 2 aromatic heterocycles. The lowest BCUT2D eigenvalue weighted by Gasteiger charge is -2.31. The van der Waals surface area contributed by atoms with E-state index in [0.29, 0.717) is 6.54 Å². The van der Waals surface area contributed by atoms with Crippen LogP contribution in [0.2, 0.25) is 0 Å². The van der Waals surface area contributed by atoms with Crippen LogP contribution in [0.5, 0.6) is 0 Å². The van der Waals surface area contributed by atoms with E-state index in [1.54, 1.807) is 6.26 Å². The van der Waals surface area contributed by atoms with Crippen molar-refractivity contribution in [2.45, 2.75) is 57.5 Å². The Labute approximate surface area is 193 Å². The van der Waals surface area contributed by atoms with Crippen LogP contribution < -0.4 is 10.2 Å². The third kappa shape index (κ3) is 5.18. The van der Waals surface area contributed by atoms with Gasteiger partial charge in [0.05, 0.1) is 18.1 Å². The van der Waals surface area contributed by atoms with E-state index < -0.39 is 0 Å². The number of aryl methyl sites for hydroxylation is 2. The molecule has 0 bridgehead atoms. The van der Waals surface area contributed by atoms with Crippen LogP contribution in [0.3, 0.4) is 0 Å². The molecule has 0 aliphatic carbocycles. The van der Waals surface area contributed by atoms with Crippen LogP contribution in [0, 0.1) is 19.8 Å². The summed E-state index contributed by atoms with van der Waals surface area (Å²) in [5.41, 5.74) is 3.01. The summed E-state index contributed by atoms with van der Waals surface area (Å²) >= 11 is 1.42. The molecule has 3 aromatic rings. The molecule has 1 unspecified atom stereocenters. The summed E-state index contributed by atoms with van der Waals surface area (Å²) in [7, 11) is 0. The first kappa shape index (κ1) is 22.5. The van der Waals surface area contributed by atoms with Crippen LogP contribution in [-0.4, -0.2) is 39.0 Å². The molecule has 4 rings (SSSR count). The molecule has 7 nitrogen and oxygen atoms in total. The van der Waals surface area contributed by atoms with Gasteiger partial charge in [-0.2, -0.15) is 0 Å². The number of rotatable bonds is 7. The van der Waals surface area contributed by atoms with Crippen molar-refractivity contribution < 1.29 is 9.21 Å². The first-order valence-corrected chi connectivity index (χ1v) is 12.0. The summed E-state index contributed by atoms with van der Waals surface area (Å²) < 4.78 is 7.66. The second-order valence-corrected chi connectivity index (χ2v) is 9.99. The van der Waals surface area contributed by atoms with Gasteiger partial charge in [-0.25, -0.2) is 0 Å². The molecule has 1 atom stereocenters. The number of nitrogens with one attached hydrogen (secondary N) is 1. The summed E-state index contributed by atoms with van der Waals surface area (Å²) in [5.74, 6) is 2.36. The van der Waals surface area contributed by atoms with Gasteiger partial charge in [0, 0.05) is 18.8 Å². The zero-order valence-corrected chi connectivity index (χ0v) is 20.0. The average Bonchev–Trinajstić information content (AvgIpc) is 3.42. The first-order chi connectivity index (χ1) is 15.4. The number of aromatic nitrogens is 3. The number of amides is 1. The van der Waals surface area contributed by atoms with Crippen molar-refractivity contribution >= 4 is 29.3 Å². The second-order valence-electron chi connectivity index (χ2n) is 8.69. The summed E-state index contributed by atoms with van der Waals surface area (Å²) in [6, 6.07) is 9.90. The molecule has 1 amide bonds. The average molecular weight is 454 g/mol. The van der Waals surface area contributed by atoms with Crippen molar-refractivity contribution in [2.75, 3.05) is 23.3 Å². The molecule has 1 fully saturated rings. The van der Waals surface area contributed by atoms with Crippen molar-refractivity contribution in [3.8, 4) is 0 Å². The minimum absolute atomic E-state index is 0.0513. The Morgan fingerprint density at radius 1 is 1.25 bits per heavy atom. The topological polar surface area (TPSA) is 76.2 Å². The minimum Gasteiger partial charge on any atom is -0.467 e. The number of carbonyl (C=O) groups excluding carboxylic acids is 1. The van der Waals surface area contributed by atoms with Gasteiger partial charge in [-0.3, -0.25) is 9.36 Å². The van der Waals surface area contributed by atoms with Gasteiger partial charge in [0.2, 0.25) is 11.9 Å². The van der Waals surface area contributed by atoms with E-state index in [2.05, 4.69) is 31.9 Å². The molecule has 0 saturated carbocycles. The predicted octanol–water partition coefficient (Wildman–Crippen LogP) is 4.89. The van der Waals surface area contributed by atoms with E-state index in [-0.39, 0.29) is 11.2 Å². The molecule has 0 spiro atoms. The first-order valence-electron chi connectivity index (χ1n) is 11.2. The van der Waals surface area contributed by atoms with E-state index in [0.717, 1.165) is 65.5 Å². The summed E-state index contributed by atoms with van der Waals surface area (Å²) in [5, 5.41) is 12.4. The lowest BCUT2D eigenvalue weighted by Crippen LogP contribution is -2.35. The molecule has 170 valence electrons. The number of carbonyl (C=O) groups is 1. The highest BCUT2D eigenvalue weighted by atomic mass is 32.2. The maximum absolute atomic E-state index is 12.9. The molecule has 32 heavy (non-hydrogen) atoms. The highest BCUT2D eigenvalue weighted by Gasteiger charge is 2.26. The lowest BCUT2D eigenvalue weighted by molar-refractivity contribution is -0.115. The van der Waals surface area contributed by atoms with Crippen molar-refractivity contribution in [1.82, 2.24) is 14.8 Å². The maximum Gasteiger partial charge on any atom is 0.237 e. The van der Waals surface area contributed by atoms with E-state index in [9.17, 15) is 4.79 Å². The van der Waals surface area contributed by atoms with Crippen LogP contribution in [0.15, 0.2) is 46.2 Å². The van der Waals surface area contributed by atoms with Gasteiger partial charge in [0.25, 0.3) is 0 Å². The van der Waals surface area contributed by atoms with Gasteiger partial charge in [0.1, 0.15) is 5.76 Å². The Bertz CT molecular complexity index is 1050. The fraction of sp³-hybridized carbons (Fsp3) is 0.458. The fourth-order valence-electron chi connectivity index (χ4n) is 3.82. The number of nitrogens with zero attached hydrogens (tertiary/aromatic N) is 4. The number of furan rings is 1. The molecule has 3 heterocycles. The summed E-state index contributed by atoms with van der Waals surface area (Å²) in [6.45, 7) is 10.7. The Morgan fingerprint density at radius 2 is 2.03 bits per heavy atom. The van der Waals surface area contributed by atoms with Gasteiger partial charge in [-0.05, 0) is 68.9 Å². The van der Waals surface area contributed by atoms with E-state index in [4.69, 9.17) is 4.42 Å². The number of thioether (sulfide) groups is 1. The predicted molar refractivity (Wildman–Crippen MR) is 128 cm³/mol. The van der Waals surface area contributed by atoms with Gasteiger partial charge < -0.3 is 14.6 Å². The number of anilines is 2. The zero-order valence-electron chi connectivity index (χ0n) is 19.2. The van der Waals surface area contributed by atoms with Crippen LogP contribution in [0.4, 0.5) is 11.6 Å². The van der Waals surface area contributed by atoms with Gasteiger partial charge >= 0.3 is 0 Å². The van der Waals surface area contributed by atoms with Gasteiger partial charge in [-0.1, -0.05) is 30.8 Å². The van der Waals surface area contributed by atoms with Crippen LogP contribution in [-0.2, 0) is 11.3 Å². The van der Waals surface area contributed by atoms with Crippen molar-refractivity contribution in [3.05, 3.63) is 53.5 Å². The SMILES string of the molecule is Cc1ccc(C)c(NC(=O)C(C)Sc2nnc(N3CCC(C)CC3)n2Cc2ccco2)c1. The molecule has 1 N–H and O–H groups in total. The number of benzene rings is 1. The summed E-state index contributed by atoms with van der Waals surface area (Å²) in [6.07, 6.45) is 3.96. The van der Waals surface area contributed by atoms with E-state index in [1.807, 2.05) is 51.1 Å². The van der Waals surface area contributed by atoms with E-state index in [1.165, 1.54) is 11.8 Å². The largest absolute Gasteiger partial charge is 0.467 e. The highest BCUT2D eigenvalue weighted by Crippen LogP contribution is 2.30. The quantitative estimate of drug-likeness (QED) is 0.513. The molecule has 8 heteroatoms. The van der Waals surface area contributed by atoms with Crippen molar-refractivity contribution in [3.63, 3.8) is 0 Å². The van der Waals surface area contributed by atoms with Crippen LogP contribution >= 0.6 is 11.8 Å². The van der Waals surface area contributed by atoms with Crippen LogP contribution in [0.1, 0.15) is 43.6 Å². The molecular weight excluding hydrogens is 422 g/mol. The van der Waals surface area contributed by atoms with E-state index >= 15 is 0 Å². The molecule has 0 radical (unpaired) electrons. The normalized spacial score (nSPS) is 15.7. The van der Waals surface area contributed by atoms with Crippen molar-refractivity contribution in [1.29, 1.82) is 0 Å². The molecule has 1 aliphatic rings. The van der Waals surface area contributed by atoms with Crippen molar-refractivity contribution in [2.24, 2.45) is 5.92 Å². The zero-order chi connectivity index (χ0) is 22.7. The highest BCUT2D eigenvalue weighted by molar-refractivity contribution is 8.00. The van der Waals surface area contributed by atoms with Gasteiger partial charge in [-0.15, -0.1) is 10.2 Å². The Kier molecular flexibility index (Phi) is 6.89. The molecule has 1 aliphatic heterocycles. The fourth-order valence-corrected chi connectivity index (χ4v) is 4.67. The smallest absolute Gasteiger partial charge is 0.237 e. The Morgan fingerprint density at radius 3 is 2.75 bits per heavy atom. The molecule has 1 saturated heterocycles. The van der Waals surface area contributed by atoms with Gasteiger partial charge in [0.15, 0.2) is 5.16 Å². The number of piperidine rings is 1. The summed E-state index contributed by atoms with van der Waals surface area (Å²) in [4.78, 5) is 15.2. The lowest BCUT2D eigenvalue weighted by atomic mass is 10.00. The number of hydrogen-bond donors (Lipinski definition) is 1. The third-order valence-electron chi connectivity index (χ3n) is 5.96. The number of hydrogen-bond acceptors (Lipinski definition) is 6. The minimum atomic E-state index is -0.330.